The molecular weight excluding hydrogens is 340 g/mol. The number of carbonyl (C=O) groups is 1. The number of hydrogen-bond donors (Lipinski definition) is 2. The fourth-order valence-corrected chi connectivity index (χ4v) is 2.77. The van der Waals surface area contributed by atoms with Crippen LogP contribution in [-0.2, 0) is 6.54 Å². The van der Waals surface area contributed by atoms with Crippen LogP contribution in [0.15, 0.2) is 54.6 Å². The molecule has 0 saturated heterocycles. The maximum atomic E-state index is 12.4. The SMILES string of the molecule is COc1ccccc1CNc1ccc(C(=O)Nc2c(C)cccc2C)nn1. The third-order valence-electron chi connectivity index (χ3n) is 4.27. The van der Waals surface area contributed by atoms with Crippen molar-refractivity contribution in [2.75, 3.05) is 17.7 Å². The molecule has 0 saturated carbocycles. The van der Waals surface area contributed by atoms with Gasteiger partial charge in [0.2, 0.25) is 0 Å². The van der Waals surface area contributed by atoms with E-state index in [4.69, 9.17) is 4.74 Å². The zero-order valence-corrected chi connectivity index (χ0v) is 15.6. The van der Waals surface area contributed by atoms with Gasteiger partial charge < -0.3 is 15.4 Å². The zero-order valence-electron chi connectivity index (χ0n) is 15.6. The van der Waals surface area contributed by atoms with E-state index in [0.717, 1.165) is 28.1 Å². The second kappa shape index (κ2) is 8.31. The van der Waals surface area contributed by atoms with Crippen LogP contribution in [0.2, 0.25) is 0 Å². The van der Waals surface area contributed by atoms with Crippen LogP contribution >= 0.6 is 0 Å². The number of rotatable bonds is 6. The molecule has 27 heavy (non-hydrogen) atoms. The van der Waals surface area contributed by atoms with Crippen LogP contribution in [-0.4, -0.2) is 23.2 Å². The van der Waals surface area contributed by atoms with Crippen LogP contribution < -0.4 is 15.4 Å². The van der Waals surface area contributed by atoms with E-state index in [9.17, 15) is 4.79 Å². The topological polar surface area (TPSA) is 76.1 Å². The molecule has 3 rings (SSSR count). The van der Waals surface area contributed by atoms with Gasteiger partial charge in [-0.05, 0) is 43.2 Å². The highest BCUT2D eigenvalue weighted by Gasteiger charge is 2.12. The van der Waals surface area contributed by atoms with Gasteiger partial charge in [0.25, 0.3) is 5.91 Å². The highest BCUT2D eigenvalue weighted by Crippen LogP contribution is 2.20. The standard InChI is InChI=1S/C21H22N4O2/c1-14-7-6-8-15(2)20(14)23-21(26)17-11-12-19(25-24-17)22-13-16-9-4-5-10-18(16)27-3/h4-12H,13H2,1-3H3,(H,22,25)(H,23,26). The lowest BCUT2D eigenvalue weighted by molar-refractivity contribution is 0.102. The maximum absolute atomic E-state index is 12.4. The molecule has 0 atom stereocenters. The van der Waals surface area contributed by atoms with E-state index in [1.165, 1.54) is 0 Å². The Morgan fingerprint density at radius 2 is 1.70 bits per heavy atom. The van der Waals surface area contributed by atoms with Crippen molar-refractivity contribution in [1.29, 1.82) is 0 Å². The van der Waals surface area contributed by atoms with Crippen molar-refractivity contribution in [2.24, 2.45) is 0 Å². The second-order valence-corrected chi connectivity index (χ2v) is 6.19. The molecule has 2 aromatic carbocycles. The van der Waals surface area contributed by atoms with Crippen LogP contribution in [0, 0.1) is 13.8 Å². The summed E-state index contributed by atoms with van der Waals surface area (Å²) in [6.45, 7) is 4.46. The molecular formula is C21H22N4O2. The Kier molecular flexibility index (Phi) is 5.66. The molecule has 0 bridgehead atoms. The summed E-state index contributed by atoms with van der Waals surface area (Å²) in [5.41, 5.74) is 4.10. The van der Waals surface area contributed by atoms with Gasteiger partial charge in [-0.1, -0.05) is 36.4 Å². The Balaban J connectivity index is 1.65. The average molecular weight is 362 g/mol. The van der Waals surface area contributed by atoms with Gasteiger partial charge in [0.15, 0.2) is 5.69 Å². The van der Waals surface area contributed by atoms with E-state index in [1.54, 1.807) is 19.2 Å². The highest BCUT2D eigenvalue weighted by atomic mass is 16.5. The molecule has 0 aliphatic carbocycles. The highest BCUT2D eigenvalue weighted by molar-refractivity contribution is 6.03. The van der Waals surface area contributed by atoms with Crippen LogP contribution in [0.4, 0.5) is 11.5 Å². The Bertz CT molecular complexity index is 919. The molecule has 0 radical (unpaired) electrons. The normalized spacial score (nSPS) is 10.3. The van der Waals surface area contributed by atoms with E-state index in [2.05, 4.69) is 20.8 Å². The monoisotopic (exact) mass is 362 g/mol. The van der Waals surface area contributed by atoms with Gasteiger partial charge >= 0.3 is 0 Å². The number of benzene rings is 2. The Labute approximate surface area is 158 Å². The van der Waals surface area contributed by atoms with Gasteiger partial charge in [-0.25, -0.2) is 0 Å². The minimum atomic E-state index is -0.281. The molecule has 1 amide bonds. The lowest BCUT2D eigenvalue weighted by Crippen LogP contribution is -2.16. The van der Waals surface area contributed by atoms with Crippen LogP contribution in [0.5, 0.6) is 5.75 Å². The lowest BCUT2D eigenvalue weighted by Gasteiger charge is -2.11. The number of hydrogen-bond acceptors (Lipinski definition) is 5. The number of para-hydroxylation sites is 2. The third-order valence-corrected chi connectivity index (χ3v) is 4.27. The lowest BCUT2D eigenvalue weighted by atomic mass is 10.1. The summed E-state index contributed by atoms with van der Waals surface area (Å²) in [5, 5.41) is 14.2. The number of nitrogens with one attached hydrogen (secondary N) is 2. The summed E-state index contributed by atoms with van der Waals surface area (Å²) in [7, 11) is 1.64. The van der Waals surface area contributed by atoms with E-state index in [-0.39, 0.29) is 11.6 Å². The average Bonchev–Trinajstić information content (AvgIpc) is 2.69. The number of ether oxygens (including phenoxy) is 1. The minimum Gasteiger partial charge on any atom is -0.496 e. The van der Waals surface area contributed by atoms with Crippen molar-refractivity contribution < 1.29 is 9.53 Å². The van der Waals surface area contributed by atoms with Gasteiger partial charge in [-0.3, -0.25) is 4.79 Å². The van der Waals surface area contributed by atoms with Crippen LogP contribution in [0.25, 0.3) is 0 Å². The largest absolute Gasteiger partial charge is 0.496 e. The molecule has 0 spiro atoms. The third kappa shape index (κ3) is 4.41. The molecule has 6 heteroatoms. The first-order chi connectivity index (χ1) is 13.1. The van der Waals surface area contributed by atoms with Gasteiger partial charge in [0, 0.05) is 17.8 Å². The van der Waals surface area contributed by atoms with Crippen molar-refractivity contribution in [3.8, 4) is 5.75 Å². The number of carbonyl (C=O) groups excluding carboxylic acids is 1. The van der Waals surface area contributed by atoms with Crippen molar-refractivity contribution in [3.05, 3.63) is 77.0 Å². The van der Waals surface area contributed by atoms with E-state index >= 15 is 0 Å². The van der Waals surface area contributed by atoms with Crippen molar-refractivity contribution in [3.63, 3.8) is 0 Å². The molecule has 0 aliphatic heterocycles. The number of nitrogens with zero attached hydrogens (tertiary/aromatic N) is 2. The fraction of sp³-hybridized carbons (Fsp3) is 0.190. The van der Waals surface area contributed by atoms with Crippen LogP contribution in [0.1, 0.15) is 27.2 Å². The molecule has 1 heterocycles. The van der Waals surface area contributed by atoms with Gasteiger partial charge in [-0.15, -0.1) is 10.2 Å². The summed E-state index contributed by atoms with van der Waals surface area (Å²) in [5.74, 6) is 1.11. The number of anilines is 2. The molecule has 138 valence electrons. The Morgan fingerprint density at radius 1 is 0.963 bits per heavy atom. The van der Waals surface area contributed by atoms with Gasteiger partial charge in [-0.2, -0.15) is 0 Å². The molecule has 0 fully saturated rings. The van der Waals surface area contributed by atoms with Gasteiger partial charge in [0.05, 0.1) is 7.11 Å². The van der Waals surface area contributed by atoms with Crippen LogP contribution in [0.3, 0.4) is 0 Å². The number of amides is 1. The summed E-state index contributed by atoms with van der Waals surface area (Å²) in [4.78, 5) is 12.4. The molecule has 6 nitrogen and oxygen atoms in total. The summed E-state index contributed by atoms with van der Waals surface area (Å²) in [6, 6.07) is 17.0. The Morgan fingerprint density at radius 3 is 2.37 bits per heavy atom. The molecule has 1 aromatic heterocycles. The summed E-state index contributed by atoms with van der Waals surface area (Å²) >= 11 is 0. The quantitative estimate of drug-likeness (QED) is 0.694. The smallest absolute Gasteiger partial charge is 0.276 e. The second-order valence-electron chi connectivity index (χ2n) is 6.19. The molecule has 2 N–H and O–H groups in total. The minimum absolute atomic E-state index is 0.264. The summed E-state index contributed by atoms with van der Waals surface area (Å²) < 4.78 is 5.33. The molecule has 0 unspecified atom stereocenters. The van der Waals surface area contributed by atoms with E-state index in [0.29, 0.717) is 12.4 Å². The molecule has 3 aromatic rings. The number of methoxy groups -OCH3 is 1. The first-order valence-corrected chi connectivity index (χ1v) is 8.65. The predicted molar refractivity (Wildman–Crippen MR) is 106 cm³/mol. The Hall–Kier alpha value is -3.41. The van der Waals surface area contributed by atoms with E-state index in [1.807, 2.05) is 56.3 Å². The van der Waals surface area contributed by atoms with Gasteiger partial charge in [0.1, 0.15) is 11.6 Å². The maximum Gasteiger partial charge on any atom is 0.276 e. The van der Waals surface area contributed by atoms with Crippen molar-refractivity contribution >= 4 is 17.4 Å². The van der Waals surface area contributed by atoms with E-state index < -0.39 is 0 Å². The first kappa shape index (κ1) is 18.4. The predicted octanol–water partition coefficient (Wildman–Crippen LogP) is 3.97. The summed E-state index contributed by atoms with van der Waals surface area (Å²) in [6.07, 6.45) is 0. The molecule has 0 aliphatic rings. The number of aryl methyl sites for hydroxylation is 2. The zero-order chi connectivity index (χ0) is 19.2. The van der Waals surface area contributed by atoms with Crippen molar-refractivity contribution in [1.82, 2.24) is 10.2 Å². The fourth-order valence-electron chi connectivity index (χ4n) is 2.77. The van der Waals surface area contributed by atoms with Crippen molar-refractivity contribution in [2.45, 2.75) is 20.4 Å². The number of aromatic nitrogens is 2. The first-order valence-electron chi connectivity index (χ1n) is 8.65.